The van der Waals surface area contributed by atoms with Crippen molar-refractivity contribution in [3.05, 3.63) is 87.0 Å². The number of carboxylic acid groups (broad SMARTS) is 1. The average Bonchev–Trinajstić information content (AvgIpc) is 2.78. The summed E-state index contributed by atoms with van der Waals surface area (Å²) in [6, 6.07) is 11.2. The molecule has 1 heterocycles. The molecule has 0 aliphatic rings. The zero-order valence-corrected chi connectivity index (χ0v) is 18.8. The maximum atomic E-state index is 14.1. The van der Waals surface area contributed by atoms with Gasteiger partial charge in [0.25, 0.3) is 0 Å². The number of alkyl halides is 3. The van der Waals surface area contributed by atoms with Gasteiger partial charge in [0.15, 0.2) is 5.60 Å². The van der Waals surface area contributed by atoms with E-state index >= 15 is 0 Å². The van der Waals surface area contributed by atoms with Crippen LogP contribution in [0, 0.1) is 11.3 Å². The minimum atomic E-state index is -5.07. The number of hydrogen-bond donors (Lipinski definition) is 2. The van der Waals surface area contributed by atoms with E-state index in [1.807, 2.05) is 6.07 Å². The fourth-order valence-electron chi connectivity index (χ4n) is 3.33. The van der Waals surface area contributed by atoms with Gasteiger partial charge in [-0.2, -0.15) is 18.4 Å². The molecule has 34 heavy (non-hydrogen) atoms. The standard InChI is InChI=1S/C23H15Cl2F3N2O4/c1-12(22(33,23(26,27)28)15-4-2-13(10-29)3-5-15)17-7-6-16(9-18(17)24)34-20-19(25)8-14(11-30-20)21(31)32/h2-9,11-12,33H,1H3,(H,31,32). The number of aromatic nitrogens is 1. The lowest BCUT2D eigenvalue weighted by Crippen LogP contribution is -2.46. The van der Waals surface area contributed by atoms with Gasteiger partial charge >= 0.3 is 12.1 Å². The maximum absolute atomic E-state index is 14.1. The maximum Gasteiger partial charge on any atom is 0.422 e. The smallest absolute Gasteiger partial charge is 0.422 e. The molecule has 2 unspecified atom stereocenters. The summed E-state index contributed by atoms with van der Waals surface area (Å²) in [7, 11) is 0. The molecule has 3 rings (SSSR count). The third-order valence-electron chi connectivity index (χ3n) is 5.22. The normalized spacial score (nSPS) is 14.1. The predicted molar refractivity (Wildman–Crippen MR) is 117 cm³/mol. The molecule has 11 heteroatoms. The molecular weight excluding hydrogens is 496 g/mol. The van der Waals surface area contributed by atoms with Crippen molar-refractivity contribution in [2.75, 3.05) is 0 Å². The van der Waals surface area contributed by atoms with E-state index in [2.05, 4.69) is 4.98 Å². The lowest BCUT2D eigenvalue weighted by Gasteiger charge is -2.37. The second kappa shape index (κ2) is 9.50. The first-order valence-electron chi connectivity index (χ1n) is 9.54. The van der Waals surface area contributed by atoms with E-state index in [0.717, 1.165) is 24.4 Å². The van der Waals surface area contributed by atoms with Crippen LogP contribution < -0.4 is 4.74 Å². The van der Waals surface area contributed by atoms with Gasteiger partial charge in [0.05, 0.1) is 17.2 Å². The van der Waals surface area contributed by atoms with Gasteiger partial charge in [-0.3, -0.25) is 0 Å². The Balaban J connectivity index is 1.96. The first kappa shape index (κ1) is 25.3. The van der Waals surface area contributed by atoms with E-state index in [0.29, 0.717) is 0 Å². The summed E-state index contributed by atoms with van der Waals surface area (Å²) >= 11 is 12.2. The molecule has 2 aromatic carbocycles. The van der Waals surface area contributed by atoms with Crippen LogP contribution in [0.15, 0.2) is 54.7 Å². The Morgan fingerprint density at radius 1 is 1.12 bits per heavy atom. The number of carboxylic acids is 1. The van der Waals surface area contributed by atoms with Gasteiger partial charge < -0.3 is 14.9 Å². The first-order chi connectivity index (χ1) is 15.9. The highest BCUT2D eigenvalue weighted by Gasteiger charge is 2.58. The minimum absolute atomic E-state index is 0.0153. The van der Waals surface area contributed by atoms with Gasteiger partial charge in [-0.05, 0) is 41.5 Å². The molecule has 0 fully saturated rings. The van der Waals surface area contributed by atoms with E-state index in [1.54, 1.807) is 0 Å². The lowest BCUT2D eigenvalue weighted by molar-refractivity contribution is -0.274. The van der Waals surface area contributed by atoms with Crippen LogP contribution in [-0.2, 0) is 5.60 Å². The van der Waals surface area contributed by atoms with Crippen LogP contribution in [-0.4, -0.2) is 27.3 Å². The summed E-state index contributed by atoms with van der Waals surface area (Å²) in [5, 5.41) is 28.5. The van der Waals surface area contributed by atoms with Crippen LogP contribution in [0.5, 0.6) is 11.6 Å². The van der Waals surface area contributed by atoms with Crippen LogP contribution in [0.25, 0.3) is 0 Å². The predicted octanol–water partition coefficient (Wildman–Crippen LogP) is 6.30. The fraction of sp³-hybridized carbons (Fsp3) is 0.174. The molecular formula is C23H15Cl2F3N2O4. The Morgan fingerprint density at radius 2 is 1.76 bits per heavy atom. The summed E-state index contributed by atoms with van der Waals surface area (Å²) in [4.78, 5) is 14.8. The van der Waals surface area contributed by atoms with Crippen LogP contribution in [0.3, 0.4) is 0 Å². The van der Waals surface area contributed by atoms with Crippen LogP contribution in [0.1, 0.15) is 39.9 Å². The number of aliphatic hydroxyl groups is 1. The number of hydrogen-bond acceptors (Lipinski definition) is 5. The van der Waals surface area contributed by atoms with E-state index in [9.17, 15) is 23.1 Å². The Hall–Kier alpha value is -3.32. The van der Waals surface area contributed by atoms with Crippen LogP contribution >= 0.6 is 23.2 Å². The molecule has 1 aromatic heterocycles. The number of benzene rings is 2. The molecule has 0 amide bonds. The summed E-state index contributed by atoms with van der Waals surface area (Å²) in [6.07, 6.45) is -4.04. The number of carbonyl (C=O) groups is 1. The molecule has 6 nitrogen and oxygen atoms in total. The highest BCUT2D eigenvalue weighted by Crippen LogP contribution is 2.50. The van der Waals surface area contributed by atoms with Gasteiger partial charge in [-0.25, -0.2) is 9.78 Å². The Bertz CT molecular complexity index is 1280. The third-order valence-corrected chi connectivity index (χ3v) is 5.82. The second-order valence-corrected chi connectivity index (χ2v) is 8.09. The third kappa shape index (κ3) is 4.80. The van der Waals surface area contributed by atoms with E-state index in [-0.39, 0.29) is 38.4 Å². The quantitative estimate of drug-likeness (QED) is 0.403. The van der Waals surface area contributed by atoms with E-state index in [4.69, 9.17) is 38.3 Å². The molecule has 0 saturated carbocycles. The summed E-state index contributed by atoms with van der Waals surface area (Å²) < 4.78 is 47.8. The second-order valence-electron chi connectivity index (χ2n) is 7.28. The molecule has 0 saturated heterocycles. The average molecular weight is 511 g/mol. The molecule has 0 bridgehead atoms. The number of pyridine rings is 1. The zero-order valence-electron chi connectivity index (χ0n) is 17.3. The Kier molecular flexibility index (Phi) is 7.07. The first-order valence-corrected chi connectivity index (χ1v) is 10.3. The SMILES string of the molecule is CC(c1ccc(Oc2ncc(C(=O)O)cc2Cl)cc1Cl)C(O)(c1ccc(C#N)cc1)C(F)(F)F. The summed E-state index contributed by atoms with van der Waals surface area (Å²) in [5.74, 6) is -2.83. The number of nitriles is 1. The van der Waals surface area contributed by atoms with E-state index in [1.165, 1.54) is 37.3 Å². The van der Waals surface area contributed by atoms with Crippen molar-refractivity contribution in [1.29, 1.82) is 5.26 Å². The highest BCUT2D eigenvalue weighted by molar-refractivity contribution is 6.32. The van der Waals surface area contributed by atoms with Crippen molar-refractivity contribution in [2.45, 2.75) is 24.6 Å². The monoisotopic (exact) mass is 510 g/mol. The number of ether oxygens (including phenoxy) is 1. The molecule has 2 atom stereocenters. The van der Waals surface area contributed by atoms with Crippen molar-refractivity contribution in [2.24, 2.45) is 0 Å². The van der Waals surface area contributed by atoms with Gasteiger partial charge in [0.2, 0.25) is 5.88 Å². The van der Waals surface area contributed by atoms with Crippen molar-refractivity contribution in [1.82, 2.24) is 4.98 Å². The summed E-state index contributed by atoms with van der Waals surface area (Å²) in [6.45, 7) is 1.18. The molecule has 2 N–H and O–H groups in total. The van der Waals surface area contributed by atoms with Crippen LogP contribution in [0.2, 0.25) is 10.0 Å². The molecule has 3 aromatic rings. The van der Waals surface area contributed by atoms with Gasteiger partial charge in [0.1, 0.15) is 10.8 Å². The number of aromatic carboxylic acids is 1. The number of rotatable bonds is 6. The molecule has 0 radical (unpaired) electrons. The molecule has 176 valence electrons. The number of halogens is 5. The zero-order chi connectivity index (χ0) is 25.3. The molecule has 0 aliphatic carbocycles. The Morgan fingerprint density at radius 3 is 2.26 bits per heavy atom. The summed E-state index contributed by atoms with van der Waals surface area (Å²) in [5.41, 5.74) is -3.78. The number of nitrogens with zero attached hydrogens (tertiary/aromatic N) is 2. The minimum Gasteiger partial charge on any atom is -0.478 e. The topological polar surface area (TPSA) is 103 Å². The van der Waals surface area contributed by atoms with Gasteiger partial charge in [0, 0.05) is 17.1 Å². The van der Waals surface area contributed by atoms with Gasteiger partial charge in [-0.1, -0.05) is 48.3 Å². The van der Waals surface area contributed by atoms with Gasteiger partial charge in [-0.15, -0.1) is 0 Å². The highest BCUT2D eigenvalue weighted by atomic mass is 35.5. The largest absolute Gasteiger partial charge is 0.478 e. The lowest BCUT2D eigenvalue weighted by atomic mass is 9.77. The van der Waals surface area contributed by atoms with Crippen molar-refractivity contribution in [3.8, 4) is 17.7 Å². The molecule has 0 aliphatic heterocycles. The van der Waals surface area contributed by atoms with E-state index < -0.39 is 29.2 Å². The Labute approximate surface area is 201 Å². The molecule has 0 spiro atoms. The van der Waals surface area contributed by atoms with Crippen molar-refractivity contribution in [3.63, 3.8) is 0 Å². The van der Waals surface area contributed by atoms with Crippen molar-refractivity contribution >= 4 is 29.2 Å². The fourth-order valence-corrected chi connectivity index (χ4v) is 3.87. The van der Waals surface area contributed by atoms with Crippen LogP contribution in [0.4, 0.5) is 13.2 Å². The van der Waals surface area contributed by atoms with Crippen molar-refractivity contribution < 1.29 is 32.9 Å².